The molecule has 8 nitrogen and oxygen atoms in total. The Balaban J connectivity index is 1.87. The second-order valence-electron chi connectivity index (χ2n) is 7.24. The number of ether oxygens (including phenoxy) is 3. The summed E-state index contributed by atoms with van der Waals surface area (Å²) >= 11 is 0. The van der Waals surface area contributed by atoms with Gasteiger partial charge in [0.15, 0.2) is 6.10 Å². The molecular formula is C26H27NO7. The number of benzene rings is 3. The largest absolute Gasteiger partial charge is 0.491 e. The molecule has 0 aromatic heterocycles. The van der Waals surface area contributed by atoms with Crippen molar-refractivity contribution in [1.82, 2.24) is 0 Å². The Morgan fingerprint density at radius 1 is 1.03 bits per heavy atom. The number of rotatable bonds is 11. The molecule has 3 rings (SSSR count). The van der Waals surface area contributed by atoms with Gasteiger partial charge < -0.3 is 24.4 Å². The Morgan fingerprint density at radius 3 is 2.47 bits per heavy atom. The Bertz CT molecular complexity index is 1120. The monoisotopic (exact) mass is 465 g/mol. The molecular weight excluding hydrogens is 438 g/mol. The molecule has 0 aliphatic heterocycles. The second-order valence-corrected chi connectivity index (χ2v) is 7.24. The number of aliphatic hydroxyl groups is 1. The van der Waals surface area contributed by atoms with Crippen LogP contribution in [0.4, 0.5) is 10.5 Å². The SMILES string of the molecule is CCO[C@@H](/C=C/C(=O)O)[C@@H](OC(=O)Nc1cccc2ccccc12)c1ccc(OCCO)cc1. The number of carboxylic acids is 1. The molecule has 3 N–H and O–H groups in total. The third-order valence-electron chi connectivity index (χ3n) is 4.92. The number of nitrogens with one attached hydrogen (secondary N) is 1. The van der Waals surface area contributed by atoms with Crippen LogP contribution in [0.2, 0.25) is 0 Å². The maximum absolute atomic E-state index is 12.9. The van der Waals surface area contributed by atoms with E-state index in [1.54, 1.807) is 37.3 Å². The number of aliphatic carboxylic acids is 1. The first kappa shape index (κ1) is 24.8. The van der Waals surface area contributed by atoms with Crippen LogP contribution in [-0.2, 0) is 14.3 Å². The van der Waals surface area contributed by atoms with Crippen LogP contribution in [0.15, 0.2) is 78.9 Å². The molecule has 0 bridgehead atoms. The van der Waals surface area contributed by atoms with Crippen molar-refractivity contribution in [2.45, 2.75) is 19.1 Å². The molecule has 0 unspecified atom stereocenters. The molecule has 0 fully saturated rings. The maximum Gasteiger partial charge on any atom is 0.412 e. The van der Waals surface area contributed by atoms with Gasteiger partial charge >= 0.3 is 12.1 Å². The molecule has 0 saturated heterocycles. The van der Waals surface area contributed by atoms with Crippen LogP contribution >= 0.6 is 0 Å². The van der Waals surface area contributed by atoms with E-state index >= 15 is 0 Å². The van der Waals surface area contributed by atoms with Crippen LogP contribution in [0.5, 0.6) is 5.75 Å². The van der Waals surface area contributed by atoms with Gasteiger partial charge in [-0.1, -0.05) is 48.5 Å². The molecule has 3 aromatic carbocycles. The third-order valence-corrected chi connectivity index (χ3v) is 4.92. The number of hydrogen-bond acceptors (Lipinski definition) is 6. The number of anilines is 1. The lowest BCUT2D eigenvalue weighted by molar-refractivity contribution is -0.131. The summed E-state index contributed by atoms with van der Waals surface area (Å²) in [7, 11) is 0. The summed E-state index contributed by atoms with van der Waals surface area (Å²) in [4.78, 5) is 24.0. The van der Waals surface area contributed by atoms with Crippen molar-refractivity contribution in [1.29, 1.82) is 0 Å². The van der Waals surface area contributed by atoms with E-state index in [-0.39, 0.29) is 19.8 Å². The smallest absolute Gasteiger partial charge is 0.412 e. The molecule has 2 atom stereocenters. The van der Waals surface area contributed by atoms with Crippen molar-refractivity contribution in [3.05, 3.63) is 84.4 Å². The average Bonchev–Trinajstić information content (AvgIpc) is 2.84. The van der Waals surface area contributed by atoms with E-state index in [1.807, 2.05) is 36.4 Å². The molecule has 1 amide bonds. The summed E-state index contributed by atoms with van der Waals surface area (Å²) in [6.07, 6.45) is -0.188. The van der Waals surface area contributed by atoms with Gasteiger partial charge in [0, 0.05) is 18.1 Å². The lowest BCUT2D eigenvalue weighted by Gasteiger charge is -2.25. The Kier molecular flexibility index (Phi) is 9.02. The first-order valence-electron chi connectivity index (χ1n) is 10.8. The van der Waals surface area contributed by atoms with Gasteiger partial charge in [0.2, 0.25) is 0 Å². The van der Waals surface area contributed by atoms with Crippen LogP contribution < -0.4 is 10.1 Å². The van der Waals surface area contributed by atoms with Gasteiger partial charge in [0.25, 0.3) is 0 Å². The predicted octanol–water partition coefficient (Wildman–Crippen LogP) is 4.55. The molecule has 0 aliphatic rings. The zero-order valence-corrected chi connectivity index (χ0v) is 18.7. The van der Waals surface area contributed by atoms with Gasteiger partial charge in [-0.25, -0.2) is 9.59 Å². The molecule has 0 radical (unpaired) electrons. The zero-order valence-electron chi connectivity index (χ0n) is 18.7. The van der Waals surface area contributed by atoms with Crippen molar-refractivity contribution in [2.75, 3.05) is 25.1 Å². The fourth-order valence-electron chi connectivity index (χ4n) is 3.44. The van der Waals surface area contributed by atoms with Gasteiger partial charge in [-0.3, -0.25) is 5.32 Å². The first-order chi connectivity index (χ1) is 16.5. The number of hydrogen-bond donors (Lipinski definition) is 3. The summed E-state index contributed by atoms with van der Waals surface area (Å²) in [5, 5.41) is 22.6. The Morgan fingerprint density at radius 2 is 1.76 bits per heavy atom. The van der Waals surface area contributed by atoms with E-state index in [4.69, 9.17) is 24.4 Å². The van der Waals surface area contributed by atoms with Crippen LogP contribution in [0.3, 0.4) is 0 Å². The van der Waals surface area contributed by atoms with Crippen molar-refractivity contribution in [3.63, 3.8) is 0 Å². The molecule has 0 aliphatic carbocycles. The van der Waals surface area contributed by atoms with Crippen molar-refractivity contribution < 1.29 is 34.0 Å². The van der Waals surface area contributed by atoms with E-state index in [9.17, 15) is 9.59 Å². The minimum atomic E-state index is -1.14. The molecule has 0 heterocycles. The first-order valence-corrected chi connectivity index (χ1v) is 10.8. The van der Waals surface area contributed by atoms with E-state index in [2.05, 4.69) is 5.32 Å². The highest BCUT2D eigenvalue weighted by atomic mass is 16.6. The van der Waals surface area contributed by atoms with E-state index in [1.165, 1.54) is 6.08 Å². The summed E-state index contributed by atoms with van der Waals surface area (Å²) in [6.45, 7) is 2.07. The molecule has 34 heavy (non-hydrogen) atoms. The fourth-order valence-corrected chi connectivity index (χ4v) is 3.44. The molecule has 0 spiro atoms. The average molecular weight is 466 g/mol. The minimum Gasteiger partial charge on any atom is -0.491 e. The lowest BCUT2D eigenvalue weighted by atomic mass is 10.0. The van der Waals surface area contributed by atoms with Crippen molar-refractivity contribution in [3.8, 4) is 5.75 Å². The number of aliphatic hydroxyl groups excluding tert-OH is 1. The third kappa shape index (κ3) is 6.81. The standard InChI is InChI=1S/C26H27NO7/c1-2-32-23(14-15-24(29)30)25(19-10-12-20(13-11-19)33-17-16-28)34-26(31)27-22-9-5-7-18-6-3-4-8-21(18)22/h3-15,23,25,28H,2,16-17H2,1H3,(H,27,31)(H,29,30)/b15-14+/t23-,25-/m0/s1. The van der Waals surface area contributed by atoms with E-state index < -0.39 is 24.3 Å². The molecule has 178 valence electrons. The van der Waals surface area contributed by atoms with Gasteiger partial charge in [0.1, 0.15) is 18.5 Å². The topological polar surface area (TPSA) is 114 Å². The number of carbonyl (C=O) groups excluding carboxylic acids is 1. The highest BCUT2D eigenvalue weighted by Gasteiger charge is 2.27. The van der Waals surface area contributed by atoms with E-state index in [0.717, 1.165) is 16.8 Å². The highest BCUT2D eigenvalue weighted by molar-refractivity contribution is 6.00. The molecule has 3 aromatic rings. The van der Waals surface area contributed by atoms with Crippen LogP contribution in [0.25, 0.3) is 10.8 Å². The van der Waals surface area contributed by atoms with Gasteiger partial charge in [-0.05, 0) is 42.1 Å². The van der Waals surface area contributed by atoms with E-state index in [0.29, 0.717) is 17.0 Å². The number of fused-ring (bicyclic) bond motifs is 1. The highest BCUT2D eigenvalue weighted by Crippen LogP contribution is 2.29. The number of carboxylic acid groups (broad SMARTS) is 1. The molecule has 0 saturated carbocycles. The van der Waals surface area contributed by atoms with Crippen LogP contribution in [-0.4, -0.2) is 48.2 Å². The summed E-state index contributed by atoms with van der Waals surface area (Å²) in [5.74, 6) is -0.609. The maximum atomic E-state index is 12.9. The number of amides is 1. The summed E-state index contributed by atoms with van der Waals surface area (Å²) < 4.78 is 16.8. The summed E-state index contributed by atoms with van der Waals surface area (Å²) in [6, 6.07) is 19.9. The molecule has 8 heteroatoms. The normalized spacial score (nSPS) is 12.9. The zero-order chi connectivity index (χ0) is 24.3. The van der Waals surface area contributed by atoms with Gasteiger partial charge in [-0.15, -0.1) is 0 Å². The Labute approximate surface area is 197 Å². The van der Waals surface area contributed by atoms with Crippen LogP contribution in [0.1, 0.15) is 18.6 Å². The lowest BCUT2D eigenvalue weighted by Crippen LogP contribution is -2.28. The van der Waals surface area contributed by atoms with Crippen LogP contribution in [0, 0.1) is 0 Å². The summed E-state index contributed by atoms with van der Waals surface area (Å²) in [5.41, 5.74) is 1.17. The van der Waals surface area contributed by atoms with Gasteiger partial charge in [0.05, 0.1) is 12.3 Å². The Hall–Kier alpha value is -3.88. The predicted molar refractivity (Wildman–Crippen MR) is 128 cm³/mol. The van der Waals surface area contributed by atoms with Crippen molar-refractivity contribution in [2.24, 2.45) is 0 Å². The fraction of sp³-hybridized carbons (Fsp3) is 0.231. The number of carbonyl (C=O) groups is 2. The quantitative estimate of drug-likeness (QED) is 0.356. The van der Waals surface area contributed by atoms with Gasteiger partial charge in [-0.2, -0.15) is 0 Å². The second kappa shape index (κ2) is 12.4. The van der Waals surface area contributed by atoms with Crippen molar-refractivity contribution >= 4 is 28.5 Å². The minimum absolute atomic E-state index is 0.117.